The first-order chi connectivity index (χ1) is 5.63. The number of aliphatic hydroxyl groups excluding tert-OH is 1. The average Bonchev–Trinajstić information content (AvgIpc) is 2.01. The molecular formula is C10H20O2. The molecule has 72 valence electrons. The Labute approximate surface area is 75.2 Å². The highest BCUT2D eigenvalue weighted by Gasteiger charge is 2.20. The number of methoxy groups -OCH3 is 1. The van der Waals surface area contributed by atoms with E-state index in [2.05, 4.69) is 6.58 Å². The summed E-state index contributed by atoms with van der Waals surface area (Å²) in [6, 6.07) is 0. The zero-order valence-electron chi connectivity index (χ0n) is 8.29. The monoisotopic (exact) mass is 172 g/mol. The van der Waals surface area contributed by atoms with Crippen molar-refractivity contribution < 1.29 is 9.84 Å². The molecule has 0 aliphatic heterocycles. The van der Waals surface area contributed by atoms with Gasteiger partial charge in [-0.1, -0.05) is 19.9 Å². The Balaban J connectivity index is 3.84. The van der Waals surface area contributed by atoms with Crippen LogP contribution in [0.1, 0.15) is 26.7 Å². The van der Waals surface area contributed by atoms with Crippen LogP contribution in [-0.2, 0) is 4.74 Å². The standard InChI is InChI=1S/C10H20O2/c1-5-6-7-9(11)10(12-4)8(2)3/h5,8-11H,1,6-7H2,2-4H3. The molecule has 0 aromatic carbocycles. The minimum Gasteiger partial charge on any atom is -0.390 e. The second-order valence-electron chi connectivity index (χ2n) is 3.38. The van der Waals surface area contributed by atoms with E-state index < -0.39 is 0 Å². The molecule has 1 N–H and O–H groups in total. The smallest absolute Gasteiger partial charge is 0.0853 e. The normalized spacial score (nSPS) is 16.1. The van der Waals surface area contributed by atoms with Gasteiger partial charge in [0.15, 0.2) is 0 Å². The van der Waals surface area contributed by atoms with Gasteiger partial charge >= 0.3 is 0 Å². The van der Waals surface area contributed by atoms with E-state index in [1.807, 2.05) is 19.9 Å². The van der Waals surface area contributed by atoms with Crippen LogP contribution >= 0.6 is 0 Å². The number of rotatable bonds is 6. The molecule has 0 saturated heterocycles. The zero-order chi connectivity index (χ0) is 9.56. The summed E-state index contributed by atoms with van der Waals surface area (Å²) in [5.74, 6) is 0.356. The largest absolute Gasteiger partial charge is 0.390 e. The van der Waals surface area contributed by atoms with Gasteiger partial charge in [-0.2, -0.15) is 0 Å². The second-order valence-corrected chi connectivity index (χ2v) is 3.38. The molecule has 0 amide bonds. The molecule has 0 fully saturated rings. The second kappa shape index (κ2) is 6.21. The van der Waals surface area contributed by atoms with Crippen molar-refractivity contribution in [1.82, 2.24) is 0 Å². The lowest BCUT2D eigenvalue weighted by Gasteiger charge is -2.24. The van der Waals surface area contributed by atoms with Gasteiger partial charge in [0, 0.05) is 7.11 Å². The molecule has 2 unspecified atom stereocenters. The van der Waals surface area contributed by atoms with Crippen molar-refractivity contribution in [2.24, 2.45) is 5.92 Å². The quantitative estimate of drug-likeness (QED) is 0.621. The molecule has 0 saturated carbocycles. The highest BCUT2D eigenvalue weighted by atomic mass is 16.5. The molecule has 0 rings (SSSR count). The van der Waals surface area contributed by atoms with Crippen molar-refractivity contribution in [3.63, 3.8) is 0 Å². The zero-order valence-corrected chi connectivity index (χ0v) is 8.29. The molecule has 2 atom stereocenters. The predicted molar refractivity (Wildman–Crippen MR) is 51.1 cm³/mol. The topological polar surface area (TPSA) is 29.5 Å². The first kappa shape index (κ1) is 11.7. The molecule has 0 aromatic heterocycles. The van der Waals surface area contributed by atoms with Crippen molar-refractivity contribution in [2.75, 3.05) is 7.11 Å². The fraction of sp³-hybridized carbons (Fsp3) is 0.800. The molecule has 0 radical (unpaired) electrons. The Bertz CT molecular complexity index is 121. The van der Waals surface area contributed by atoms with Gasteiger partial charge in [0.25, 0.3) is 0 Å². The van der Waals surface area contributed by atoms with Gasteiger partial charge in [0.05, 0.1) is 12.2 Å². The van der Waals surface area contributed by atoms with E-state index in [1.54, 1.807) is 7.11 Å². The Morgan fingerprint density at radius 3 is 2.42 bits per heavy atom. The third-order valence-electron chi connectivity index (χ3n) is 1.98. The van der Waals surface area contributed by atoms with Crippen LogP contribution in [0.15, 0.2) is 12.7 Å². The van der Waals surface area contributed by atoms with E-state index in [4.69, 9.17) is 4.74 Å². The maximum Gasteiger partial charge on any atom is 0.0853 e. The van der Waals surface area contributed by atoms with E-state index >= 15 is 0 Å². The van der Waals surface area contributed by atoms with E-state index in [0.29, 0.717) is 5.92 Å². The third-order valence-corrected chi connectivity index (χ3v) is 1.98. The number of aliphatic hydroxyl groups is 1. The van der Waals surface area contributed by atoms with Gasteiger partial charge in [-0.3, -0.25) is 0 Å². The van der Waals surface area contributed by atoms with Crippen LogP contribution in [-0.4, -0.2) is 24.4 Å². The molecule has 2 heteroatoms. The molecular weight excluding hydrogens is 152 g/mol. The highest BCUT2D eigenvalue weighted by molar-refractivity contribution is 4.76. The molecule has 12 heavy (non-hydrogen) atoms. The summed E-state index contributed by atoms with van der Waals surface area (Å²) in [6.45, 7) is 7.70. The number of hydrogen-bond acceptors (Lipinski definition) is 2. The van der Waals surface area contributed by atoms with Crippen LogP contribution in [0.4, 0.5) is 0 Å². The van der Waals surface area contributed by atoms with Gasteiger partial charge in [-0.05, 0) is 18.8 Å². The van der Waals surface area contributed by atoms with Crippen LogP contribution in [0.2, 0.25) is 0 Å². The Kier molecular flexibility index (Phi) is 6.03. The van der Waals surface area contributed by atoms with E-state index in [-0.39, 0.29) is 12.2 Å². The van der Waals surface area contributed by atoms with Gasteiger partial charge in [-0.25, -0.2) is 0 Å². The van der Waals surface area contributed by atoms with Gasteiger partial charge in [0.2, 0.25) is 0 Å². The lowest BCUT2D eigenvalue weighted by atomic mass is 9.98. The summed E-state index contributed by atoms with van der Waals surface area (Å²) in [7, 11) is 1.64. The van der Waals surface area contributed by atoms with E-state index in [9.17, 15) is 5.11 Å². The van der Waals surface area contributed by atoms with E-state index in [0.717, 1.165) is 12.8 Å². The summed E-state index contributed by atoms with van der Waals surface area (Å²) in [5, 5.41) is 9.64. The molecule has 0 spiro atoms. The summed E-state index contributed by atoms with van der Waals surface area (Å²) >= 11 is 0. The average molecular weight is 172 g/mol. The Hall–Kier alpha value is -0.340. The molecule has 2 nitrogen and oxygen atoms in total. The van der Waals surface area contributed by atoms with Crippen LogP contribution in [0.5, 0.6) is 0 Å². The highest BCUT2D eigenvalue weighted by Crippen LogP contribution is 2.14. The minimum absolute atomic E-state index is 0.0510. The van der Waals surface area contributed by atoms with Crippen molar-refractivity contribution in [3.05, 3.63) is 12.7 Å². The predicted octanol–water partition coefficient (Wildman–Crippen LogP) is 1.98. The Morgan fingerprint density at radius 2 is 2.08 bits per heavy atom. The van der Waals surface area contributed by atoms with Crippen molar-refractivity contribution in [2.45, 2.75) is 38.9 Å². The first-order valence-corrected chi connectivity index (χ1v) is 4.45. The lowest BCUT2D eigenvalue weighted by molar-refractivity contribution is -0.0401. The molecule has 0 bridgehead atoms. The number of ether oxygens (including phenoxy) is 1. The molecule has 0 aliphatic carbocycles. The van der Waals surface area contributed by atoms with Crippen LogP contribution in [0.3, 0.4) is 0 Å². The van der Waals surface area contributed by atoms with Gasteiger partial charge < -0.3 is 9.84 Å². The minimum atomic E-state index is -0.368. The SMILES string of the molecule is C=CCCC(O)C(OC)C(C)C. The summed E-state index contributed by atoms with van der Waals surface area (Å²) in [6.07, 6.45) is 2.97. The van der Waals surface area contributed by atoms with Gasteiger partial charge in [0.1, 0.15) is 0 Å². The number of allylic oxidation sites excluding steroid dienone is 1. The maximum atomic E-state index is 9.64. The van der Waals surface area contributed by atoms with Gasteiger partial charge in [-0.15, -0.1) is 6.58 Å². The van der Waals surface area contributed by atoms with Crippen LogP contribution < -0.4 is 0 Å². The van der Waals surface area contributed by atoms with Crippen molar-refractivity contribution >= 4 is 0 Å². The maximum absolute atomic E-state index is 9.64. The third kappa shape index (κ3) is 3.88. The van der Waals surface area contributed by atoms with Crippen molar-refractivity contribution in [3.8, 4) is 0 Å². The van der Waals surface area contributed by atoms with E-state index in [1.165, 1.54) is 0 Å². The Morgan fingerprint density at radius 1 is 1.50 bits per heavy atom. The summed E-state index contributed by atoms with van der Waals surface area (Å²) in [5.41, 5.74) is 0. The van der Waals surface area contributed by atoms with Crippen LogP contribution in [0.25, 0.3) is 0 Å². The molecule has 0 aromatic rings. The first-order valence-electron chi connectivity index (χ1n) is 4.45. The van der Waals surface area contributed by atoms with Crippen LogP contribution in [0, 0.1) is 5.92 Å². The summed E-state index contributed by atoms with van der Waals surface area (Å²) in [4.78, 5) is 0. The molecule has 0 heterocycles. The lowest BCUT2D eigenvalue weighted by Crippen LogP contribution is -2.32. The number of hydrogen-bond donors (Lipinski definition) is 1. The fourth-order valence-corrected chi connectivity index (χ4v) is 1.33. The van der Waals surface area contributed by atoms with Crippen molar-refractivity contribution in [1.29, 1.82) is 0 Å². The molecule has 0 aliphatic rings. The fourth-order valence-electron chi connectivity index (χ4n) is 1.33. The summed E-state index contributed by atoms with van der Waals surface area (Å²) < 4.78 is 5.19.